The third-order valence-corrected chi connectivity index (χ3v) is 9.16. The van der Waals surface area contributed by atoms with E-state index in [1.807, 2.05) is 0 Å². The van der Waals surface area contributed by atoms with E-state index in [0.717, 1.165) is 17.1 Å². The lowest BCUT2D eigenvalue weighted by molar-refractivity contribution is 1.29. The van der Waals surface area contributed by atoms with Gasteiger partial charge in [-0.05, 0) is 101 Å². The quantitative estimate of drug-likeness (QED) is 0.190. The molecule has 0 aliphatic carbocycles. The molecule has 9 aromatic rings. The predicted octanol–water partition coefficient (Wildman–Crippen LogP) is 12.6. The highest BCUT2D eigenvalue weighted by Crippen LogP contribution is 2.41. The van der Waals surface area contributed by atoms with Crippen LogP contribution in [0.2, 0.25) is 0 Å². The molecular weight excluding hydrogens is 542 g/mol. The maximum Gasteiger partial charge on any atom is 0.0468 e. The molecular formula is C44H29N. The first kappa shape index (κ1) is 25.6. The minimum absolute atomic E-state index is 1.13. The average Bonchev–Trinajstić information content (AvgIpc) is 3.11. The van der Waals surface area contributed by atoms with Gasteiger partial charge in [-0.25, -0.2) is 0 Å². The van der Waals surface area contributed by atoms with Gasteiger partial charge in [0.1, 0.15) is 0 Å². The van der Waals surface area contributed by atoms with Gasteiger partial charge in [-0.3, -0.25) is 0 Å². The lowest BCUT2D eigenvalue weighted by Crippen LogP contribution is -2.10. The van der Waals surface area contributed by atoms with E-state index in [0.29, 0.717) is 0 Å². The molecule has 45 heavy (non-hydrogen) atoms. The third kappa shape index (κ3) is 4.32. The summed E-state index contributed by atoms with van der Waals surface area (Å²) in [6.45, 7) is 0. The zero-order valence-corrected chi connectivity index (χ0v) is 24.7. The van der Waals surface area contributed by atoms with Crippen molar-refractivity contribution in [3.8, 4) is 11.1 Å². The highest BCUT2D eigenvalue weighted by molar-refractivity contribution is 6.20. The number of fused-ring (bicyclic) bond motifs is 8. The summed E-state index contributed by atoms with van der Waals surface area (Å²) in [6, 6.07) is 64.1. The molecule has 0 fully saturated rings. The van der Waals surface area contributed by atoms with E-state index >= 15 is 0 Å². The van der Waals surface area contributed by atoms with Gasteiger partial charge in [0.2, 0.25) is 0 Å². The fourth-order valence-corrected chi connectivity index (χ4v) is 7.00. The summed E-state index contributed by atoms with van der Waals surface area (Å²) in [5.41, 5.74) is 5.80. The van der Waals surface area contributed by atoms with Crippen LogP contribution in [0.25, 0.3) is 65.0 Å². The molecule has 1 nitrogen and oxygen atoms in total. The summed E-state index contributed by atoms with van der Waals surface area (Å²) in [5, 5.41) is 12.7. The second-order valence-corrected chi connectivity index (χ2v) is 11.8. The van der Waals surface area contributed by atoms with Crippen molar-refractivity contribution in [1.29, 1.82) is 0 Å². The fraction of sp³-hybridized carbons (Fsp3) is 0. The van der Waals surface area contributed by atoms with Crippen molar-refractivity contribution in [2.75, 3.05) is 4.90 Å². The van der Waals surface area contributed by atoms with Crippen molar-refractivity contribution >= 4 is 70.9 Å². The average molecular weight is 572 g/mol. The normalized spacial score (nSPS) is 11.6. The molecule has 9 aromatic carbocycles. The van der Waals surface area contributed by atoms with Gasteiger partial charge in [0.15, 0.2) is 0 Å². The Labute approximate surface area is 262 Å². The Morgan fingerprint density at radius 1 is 0.267 bits per heavy atom. The molecule has 0 unspecified atom stereocenters. The number of rotatable bonds is 4. The largest absolute Gasteiger partial charge is 0.310 e. The molecule has 0 heterocycles. The van der Waals surface area contributed by atoms with Crippen LogP contribution in [0, 0.1) is 0 Å². The second-order valence-electron chi connectivity index (χ2n) is 11.8. The second kappa shape index (κ2) is 10.4. The summed E-state index contributed by atoms with van der Waals surface area (Å²) in [6.07, 6.45) is 0. The summed E-state index contributed by atoms with van der Waals surface area (Å²) >= 11 is 0. The number of nitrogens with zero attached hydrogens (tertiary/aromatic N) is 1. The van der Waals surface area contributed by atoms with Gasteiger partial charge < -0.3 is 4.90 Å². The van der Waals surface area contributed by atoms with Crippen LogP contribution >= 0.6 is 0 Å². The molecule has 0 N–H and O–H groups in total. The molecule has 0 atom stereocenters. The number of anilines is 3. The molecule has 0 radical (unpaired) electrons. The molecule has 0 bridgehead atoms. The van der Waals surface area contributed by atoms with Gasteiger partial charge >= 0.3 is 0 Å². The lowest BCUT2D eigenvalue weighted by Gasteiger charge is -2.27. The van der Waals surface area contributed by atoms with Crippen molar-refractivity contribution in [1.82, 2.24) is 0 Å². The van der Waals surface area contributed by atoms with Crippen molar-refractivity contribution in [2.24, 2.45) is 0 Å². The van der Waals surface area contributed by atoms with E-state index in [2.05, 4.69) is 181 Å². The molecule has 0 aliphatic rings. The van der Waals surface area contributed by atoms with Crippen molar-refractivity contribution in [3.63, 3.8) is 0 Å². The van der Waals surface area contributed by atoms with Gasteiger partial charge in [-0.2, -0.15) is 0 Å². The Bertz CT molecular complexity index is 2550. The van der Waals surface area contributed by atoms with Gasteiger partial charge in [0.05, 0.1) is 0 Å². The molecule has 0 aliphatic heterocycles. The molecule has 0 saturated carbocycles. The number of benzene rings is 9. The van der Waals surface area contributed by atoms with Gasteiger partial charge in [0.25, 0.3) is 0 Å². The number of hydrogen-bond acceptors (Lipinski definition) is 1. The van der Waals surface area contributed by atoms with Crippen molar-refractivity contribution in [3.05, 3.63) is 176 Å². The third-order valence-electron chi connectivity index (χ3n) is 9.16. The van der Waals surface area contributed by atoms with E-state index < -0.39 is 0 Å². The highest BCUT2D eigenvalue weighted by Gasteiger charge is 2.16. The number of hydrogen-bond donors (Lipinski definition) is 0. The molecule has 0 amide bonds. The summed E-state index contributed by atoms with van der Waals surface area (Å²) in [5.74, 6) is 0. The topological polar surface area (TPSA) is 3.24 Å². The fourth-order valence-electron chi connectivity index (χ4n) is 7.00. The first-order valence-electron chi connectivity index (χ1n) is 15.5. The monoisotopic (exact) mass is 571 g/mol. The van der Waals surface area contributed by atoms with Crippen LogP contribution in [0.15, 0.2) is 176 Å². The smallest absolute Gasteiger partial charge is 0.0468 e. The van der Waals surface area contributed by atoms with Crippen LogP contribution in [-0.2, 0) is 0 Å². The highest BCUT2D eigenvalue weighted by atomic mass is 15.1. The van der Waals surface area contributed by atoms with Gasteiger partial charge in [-0.1, -0.05) is 140 Å². The SMILES string of the molecule is c1ccc(-c2cccc(N(c3ccc4c(ccc5ccccc54)c3)c3ccc4c(ccc5ccc6ccccc6c54)c3)c2)cc1. The Balaban J connectivity index is 1.27. The van der Waals surface area contributed by atoms with Crippen molar-refractivity contribution < 1.29 is 0 Å². The van der Waals surface area contributed by atoms with Crippen LogP contribution in [0.1, 0.15) is 0 Å². The Morgan fingerprint density at radius 3 is 1.51 bits per heavy atom. The molecule has 210 valence electrons. The first-order valence-corrected chi connectivity index (χ1v) is 15.5. The molecule has 0 spiro atoms. The molecule has 0 saturated heterocycles. The van der Waals surface area contributed by atoms with Crippen LogP contribution in [-0.4, -0.2) is 0 Å². The zero-order valence-electron chi connectivity index (χ0n) is 24.7. The first-order chi connectivity index (χ1) is 22.3. The van der Waals surface area contributed by atoms with Crippen LogP contribution in [0.5, 0.6) is 0 Å². The lowest BCUT2D eigenvalue weighted by atomic mass is 9.96. The van der Waals surface area contributed by atoms with Crippen LogP contribution < -0.4 is 4.90 Å². The summed E-state index contributed by atoms with van der Waals surface area (Å²) in [7, 11) is 0. The van der Waals surface area contributed by atoms with E-state index in [1.54, 1.807) is 0 Å². The molecule has 0 aromatic heterocycles. The van der Waals surface area contributed by atoms with Gasteiger partial charge in [0, 0.05) is 17.1 Å². The maximum atomic E-state index is 2.40. The van der Waals surface area contributed by atoms with Crippen LogP contribution in [0.4, 0.5) is 17.1 Å². The predicted molar refractivity (Wildman–Crippen MR) is 194 cm³/mol. The van der Waals surface area contributed by atoms with E-state index in [-0.39, 0.29) is 0 Å². The van der Waals surface area contributed by atoms with E-state index in [1.165, 1.54) is 65.0 Å². The zero-order chi connectivity index (χ0) is 29.7. The summed E-state index contributed by atoms with van der Waals surface area (Å²) in [4.78, 5) is 2.40. The summed E-state index contributed by atoms with van der Waals surface area (Å²) < 4.78 is 0. The standard InChI is InChI=1S/C44H29N/c1-2-9-30(10-3-1)34-13-8-14-37(27-34)45(38-23-25-41-35(28-38)21-18-31-11-4-6-15-40(31)41)39-24-26-43-36(29-39)22-20-33-19-17-32-12-5-7-16-42(32)44(33)43/h1-29H. The van der Waals surface area contributed by atoms with E-state index in [4.69, 9.17) is 0 Å². The van der Waals surface area contributed by atoms with Crippen LogP contribution in [0.3, 0.4) is 0 Å². The minimum Gasteiger partial charge on any atom is -0.310 e. The Hall–Kier alpha value is -5.92. The molecule has 9 rings (SSSR count). The van der Waals surface area contributed by atoms with Gasteiger partial charge in [-0.15, -0.1) is 0 Å². The minimum atomic E-state index is 1.13. The Kier molecular flexibility index (Phi) is 5.89. The Morgan fingerprint density at radius 2 is 0.756 bits per heavy atom. The maximum absolute atomic E-state index is 2.40. The van der Waals surface area contributed by atoms with E-state index in [9.17, 15) is 0 Å². The van der Waals surface area contributed by atoms with Crippen molar-refractivity contribution in [2.45, 2.75) is 0 Å². The molecule has 1 heteroatoms.